The first-order valence-electron chi connectivity index (χ1n) is 3.56. The number of carbonyl (C=O) groups excluding carboxylic acids is 1. The van der Waals surface area contributed by atoms with Gasteiger partial charge in [0, 0.05) is 5.92 Å². The number of aliphatic hydroxyl groups is 1. The number of aliphatic hydroxyl groups excluding tert-OH is 1. The molecule has 4 nitrogen and oxygen atoms in total. The highest BCUT2D eigenvalue weighted by Gasteiger charge is 2.28. The Morgan fingerprint density at radius 2 is 2.45 bits per heavy atom. The average molecular weight is 160 g/mol. The van der Waals surface area contributed by atoms with Crippen molar-refractivity contribution < 1.29 is 19.4 Å². The van der Waals surface area contributed by atoms with Crippen molar-refractivity contribution in [3.05, 3.63) is 0 Å². The second-order valence-corrected chi connectivity index (χ2v) is 2.65. The molecular weight excluding hydrogens is 148 g/mol. The summed E-state index contributed by atoms with van der Waals surface area (Å²) in [5.41, 5.74) is 0. The number of hydrogen-bond acceptors (Lipinski definition) is 4. The Kier molecular flexibility index (Phi) is 2.84. The fourth-order valence-corrected chi connectivity index (χ4v) is 1.08. The van der Waals surface area contributed by atoms with Crippen LogP contribution in [0.5, 0.6) is 0 Å². The van der Waals surface area contributed by atoms with Crippen molar-refractivity contribution in [3.63, 3.8) is 0 Å². The molecule has 2 atom stereocenters. The summed E-state index contributed by atoms with van der Waals surface area (Å²) >= 11 is 0. The number of methoxy groups -OCH3 is 1. The van der Waals surface area contributed by atoms with Crippen molar-refractivity contribution in [2.75, 3.05) is 20.3 Å². The van der Waals surface area contributed by atoms with E-state index in [1.165, 1.54) is 7.11 Å². The molecular formula is C7H12O4. The maximum atomic E-state index is 10.7. The van der Waals surface area contributed by atoms with Crippen LogP contribution in [-0.2, 0) is 14.3 Å². The lowest BCUT2D eigenvalue weighted by molar-refractivity contribution is -0.142. The van der Waals surface area contributed by atoms with Crippen molar-refractivity contribution >= 4 is 5.97 Å². The Labute approximate surface area is 65.1 Å². The van der Waals surface area contributed by atoms with Gasteiger partial charge in [0.1, 0.15) is 0 Å². The normalized spacial score (nSPS) is 30.4. The minimum absolute atomic E-state index is 0.0811. The van der Waals surface area contributed by atoms with E-state index < -0.39 is 6.10 Å². The maximum Gasteiger partial charge on any atom is 0.305 e. The van der Waals surface area contributed by atoms with Crippen LogP contribution in [0.4, 0.5) is 0 Å². The van der Waals surface area contributed by atoms with Crippen molar-refractivity contribution in [1.82, 2.24) is 0 Å². The molecule has 4 heteroatoms. The van der Waals surface area contributed by atoms with E-state index in [1.807, 2.05) is 0 Å². The van der Waals surface area contributed by atoms with Gasteiger partial charge in [0.05, 0.1) is 32.8 Å². The van der Waals surface area contributed by atoms with Gasteiger partial charge >= 0.3 is 5.97 Å². The molecule has 2 unspecified atom stereocenters. The van der Waals surface area contributed by atoms with Gasteiger partial charge in [0.25, 0.3) is 0 Å². The summed E-state index contributed by atoms with van der Waals surface area (Å²) in [4.78, 5) is 10.7. The number of ether oxygens (including phenoxy) is 2. The van der Waals surface area contributed by atoms with Gasteiger partial charge in [-0.2, -0.15) is 0 Å². The molecule has 0 aromatic heterocycles. The zero-order valence-corrected chi connectivity index (χ0v) is 6.45. The van der Waals surface area contributed by atoms with Gasteiger partial charge in [0.2, 0.25) is 0 Å². The van der Waals surface area contributed by atoms with Gasteiger partial charge < -0.3 is 14.6 Å². The summed E-state index contributed by atoms with van der Waals surface area (Å²) in [6.07, 6.45) is -0.258. The molecule has 0 saturated carbocycles. The van der Waals surface area contributed by atoms with E-state index >= 15 is 0 Å². The summed E-state index contributed by atoms with van der Waals surface area (Å²) in [6.45, 7) is 0.790. The van der Waals surface area contributed by atoms with Gasteiger partial charge in [-0.15, -0.1) is 0 Å². The lowest BCUT2D eigenvalue weighted by Crippen LogP contribution is -2.21. The summed E-state index contributed by atoms with van der Waals surface area (Å²) in [5, 5.41) is 9.20. The molecule has 1 heterocycles. The van der Waals surface area contributed by atoms with Crippen molar-refractivity contribution in [1.29, 1.82) is 0 Å². The molecule has 0 aromatic rings. The molecule has 11 heavy (non-hydrogen) atoms. The first-order valence-corrected chi connectivity index (χ1v) is 3.56. The fraction of sp³-hybridized carbons (Fsp3) is 0.857. The third kappa shape index (κ3) is 2.17. The fourth-order valence-electron chi connectivity index (χ4n) is 1.08. The number of hydrogen-bond donors (Lipinski definition) is 1. The largest absolute Gasteiger partial charge is 0.469 e. The van der Waals surface area contributed by atoms with E-state index in [0.717, 1.165) is 0 Å². The Hall–Kier alpha value is -0.610. The number of esters is 1. The van der Waals surface area contributed by atoms with Crippen LogP contribution in [0.2, 0.25) is 0 Å². The van der Waals surface area contributed by atoms with Gasteiger partial charge in [-0.1, -0.05) is 0 Å². The summed E-state index contributed by atoms with van der Waals surface area (Å²) in [5.74, 6) is -0.373. The lowest BCUT2D eigenvalue weighted by atomic mass is 10.0. The highest BCUT2D eigenvalue weighted by Crippen LogP contribution is 2.17. The molecule has 1 aliphatic rings. The molecule has 64 valence electrons. The van der Waals surface area contributed by atoms with Crippen LogP contribution < -0.4 is 0 Å². The summed E-state index contributed by atoms with van der Waals surface area (Å²) in [6, 6.07) is 0. The molecule has 1 fully saturated rings. The molecule has 1 rings (SSSR count). The van der Waals surface area contributed by atoms with Crippen molar-refractivity contribution in [3.8, 4) is 0 Å². The molecule has 0 bridgehead atoms. The summed E-state index contributed by atoms with van der Waals surface area (Å²) in [7, 11) is 1.34. The molecule has 0 aliphatic carbocycles. The summed E-state index contributed by atoms with van der Waals surface area (Å²) < 4.78 is 9.41. The van der Waals surface area contributed by atoms with E-state index in [1.54, 1.807) is 0 Å². The van der Waals surface area contributed by atoms with Crippen LogP contribution in [-0.4, -0.2) is 37.5 Å². The first kappa shape index (κ1) is 8.49. The monoisotopic (exact) mass is 160 g/mol. The minimum Gasteiger partial charge on any atom is -0.469 e. The highest BCUT2D eigenvalue weighted by atomic mass is 16.5. The van der Waals surface area contributed by atoms with Crippen LogP contribution in [0.15, 0.2) is 0 Å². The molecule has 1 saturated heterocycles. The minimum atomic E-state index is -0.505. The second-order valence-electron chi connectivity index (χ2n) is 2.65. The van der Waals surface area contributed by atoms with Crippen LogP contribution in [0, 0.1) is 5.92 Å². The third-order valence-electron chi connectivity index (χ3n) is 1.82. The topological polar surface area (TPSA) is 55.8 Å². The van der Waals surface area contributed by atoms with Crippen LogP contribution >= 0.6 is 0 Å². The van der Waals surface area contributed by atoms with E-state index in [4.69, 9.17) is 4.74 Å². The Bertz CT molecular complexity index is 145. The van der Waals surface area contributed by atoms with E-state index in [0.29, 0.717) is 13.2 Å². The van der Waals surface area contributed by atoms with Crippen molar-refractivity contribution in [2.24, 2.45) is 5.92 Å². The Balaban J connectivity index is 2.30. The highest BCUT2D eigenvalue weighted by molar-refractivity contribution is 5.69. The van der Waals surface area contributed by atoms with E-state index in [9.17, 15) is 9.90 Å². The van der Waals surface area contributed by atoms with Crippen LogP contribution in [0.3, 0.4) is 0 Å². The van der Waals surface area contributed by atoms with Gasteiger partial charge in [-0.25, -0.2) is 0 Å². The van der Waals surface area contributed by atoms with Gasteiger partial charge in [0.15, 0.2) is 0 Å². The lowest BCUT2D eigenvalue weighted by Gasteiger charge is -2.09. The van der Waals surface area contributed by atoms with Gasteiger partial charge in [-0.3, -0.25) is 4.79 Å². The average Bonchev–Trinajstić information content (AvgIpc) is 2.37. The molecule has 0 spiro atoms. The SMILES string of the molecule is COC(=O)CC1COCC1O. The molecule has 0 radical (unpaired) electrons. The quantitative estimate of drug-likeness (QED) is 0.556. The first-order chi connectivity index (χ1) is 5.24. The number of rotatable bonds is 2. The zero-order valence-electron chi connectivity index (χ0n) is 6.45. The zero-order chi connectivity index (χ0) is 8.27. The smallest absolute Gasteiger partial charge is 0.305 e. The predicted molar refractivity (Wildman–Crippen MR) is 36.9 cm³/mol. The Morgan fingerprint density at radius 1 is 1.73 bits per heavy atom. The van der Waals surface area contributed by atoms with E-state index in [2.05, 4.69) is 4.74 Å². The maximum absolute atomic E-state index is 10.7. The van der Waals surface area contributed by atoms with Crippen molar-refractivity contribution in [2.45, 2.75) is 12.5 Å². The predicted octanol–water partition coefficient (Wildman–Crippen LogP) is -0.443. The molecule has 0 amide bonds. The standard InChI is InChI=1S/C7H12O4/c1-10-7(9)2-5-3-11-4-6(5)8/h5-6,8H,2-4H2,1H3. The third-order valence-corrected chi connectivity index (χ3v) is 1.82. The van der Waals surface area contributed by atoms with Gasteiger partial charge in [-0.05, 0) is 0 Å². The molecule has 1 aliphatic heterocycles. The second kappa shape index (κ2) is 3.69. The van der Waals surface area contributed by atoms with Crippen LogP contribution in [0.25, 0.3) is 0 Å². The molecule has 1 N–H and O–H groups in total. The Morgan fingerprint density at radius 3 is 2.91 bits per heavy atom. The van der Waals surface area contributed by atoms with Crippen LogP contribution in [0.1, 0.15) is 6.42 Å². The van der Waals surface area contributed by atoms with E-state index in [-0.39, 0.29) is 18.3 Å². The molecule has 0 aromatic carbocycles. The number of carbonyl (C=O) groups is 1.